The minimum absolute atomic E-state index is 0.148. The van der Waals surface area contributed by atoms with Crippen LogP contribution < -0.4 is 20.8 Å². The maximum Gasteiger partial charge on any atom is 0.344 e. The number of urea groups is 1. The number of hydrazine groups is 1. The topological polar surface area (TPSA) is 117 Å². The molecule has 1 saturated heterocycles. The van der Waals surface area contributed by atoms with Gasteiger partial charge in [0.1, 0.15) is 11.3 Å². The fourth-order valence-electron chi connectivity index (χ4n) is 3.38. The van der Waals surface area contributed by atoms with Crippen LogP contribution >= 0.6 is 0 Å². The van der Waals surface area contributed by atoms with Crippen LogP contribution in [-0.2, 0) is 16.0 Å². The van der Waals surface area contributed by atoms with Gasteiger partial charge in [-0.1, -0.05) is 30.3 Å². The standard InChI is InChI=1S/C21H20N4O5/c1-21(10-9-13-5-3-2-4-6-13)19(28)25(20(29)23-21)24-18(27)14-7-8-15-16(11-14)30-12-17(26)22-15/h2-8,11H,9-10,12H2,1H3,(H,22,26)(H,23,29)(H,24,27)/t21-/m1/s1. The lowest BCUT2D eigenvalue weighted by atomic mass is 9.93. The van der Waals surface area contributed by atoms with Crippen LogP contribution in [0.2, 0.25) is 0 Å². The number of anilines is 1. The SMILES string of the molecule is C[C@]1(CCc2ccccc2)NC(=O)N(NC(=O)c2ccc3c(c2)OCC(=O)N3)C1=O. The number of carbonyl (C=O) groups is 4. The van der Waals surface area contributed by atoms with Crippen molar-refractivity contribution < 1.29 is 23.9 Å². The maximum absolute atomic E-state index is 12.9. The Hall–Kier alpha value is -3.88. The van der Waals surface area contributed by atoms with Crippen molar-refractivity contribution >= 4 is 29.4 Å². The van der Waals surface area contributed by atoms with E-state index in [1.54, 1.807) is 6.92 Å². The van der Waals surface area contributed by atoms with Crippen molar-refractivity contribution in [3.8, 4) is 5.75 Å². The van der Waals surface area contributed by atoms with Gasteiger partial charge in [-0.25, -0.2) is 4.79 Å². The molecule has 9 heteroatoms. The normalized spacial score (nSPS) is 20.2. The number of imide groups is 1. The number of amides is 5. The summed E-state index contributed by atoms with van der Waals surface area (Å²) in [4.78, 5) is 49.2. The third-order valence-electron chi connectivity index (χ3n) is 5.11. The zero-order chi connectivity index (χ0) is 21.3. The van der Waals surface area contributed by atoms with Crippen molar-refractivity contribution in [3.63, 3.8) is 0 Å². The molecule has 2 aromatic rings. The van der Waals surface area contributed by atoms with E-state index in [1.807, 2.05) is 30.3 Å². The molecule has 2 heterocycles. The Balaban J connectivity index is 1.44. The van der Waals surface area contributed by atoms with E-state index in [2.05, 4.69) is 16.1 Å². The lowest BCUT2D eigenvalue weighted by Crippen LogP contribution is -2.49. The minimum Gasteiger partial charge on any atom is -0.482 e. The molecule has 154 valence electrons. The summed E-state index contributed by atoms with van der Waals surface area (Å²) in [6.07, 6.45) is 0.985. The Morgan fingerprint density at radius 1 is 1.17 bits per heavy atom. The van der Waals surface area contributed by atoms with Crippen molar-refractivity contribution in [1.82, 2.24) is 15.8 Å². The van der Waals surface area contributed by atoms with Crippen LogP contribution in [0.5, 0.6) is 5.75 Å². The number of aryl methyl sites for hydroxylation is 1. The van der Waals surface area contributed by atoms with E-state index >= 15 is 0 Å². The predicted molar refractivity (Wildman–Crippen MR) is 107 cm³/mol. The number of carbonyl (C=O) groups excluding carboxylic acids is 4. The Morgan fingerprint density at radius 2 is 1.93 bits per heavy atom. The number of rotatable bonds is 5. The molecule has 2 aliphatic rings. The summed E-state index contributed by atoms with van der Waals surface area (Å²) in [5.74, 6) is -1.12. The molecule has 0 spiro atoms. The van der Waals surface area contributed by atoms with Crippen molar-refractivity contribution in [2.45, 2.75) is 25.3 Å². The first-order valence-electron chi connectivity index (χ1n) is 9.44. The van der Waals surface area contributed by atoms with Crippen LogP contribution in [0, 0.1) is 0 Å². The second-order valence-electron chi connectivity index (χ2n) is 7.38. The van der Waals surface area contributed by atoms with Gasteiger partial charge >= 0.3 is 6.03 Å². The van der Waals surface area contributed by atoms with Crippen LogP contribution in [0.3, 0.4) is 0 Å². The molecule has 9 nitrogen and oxygen atoms in total. The monoisotopic (exact) mass is 408 g/mol. The van der Waals surface area contributed by atoms with E-state index in [1.165, 1.54) is 18.2 Å². The molecule has 3 N–H and O–H groups in total. The number of benzene rings is 2. The molecule has 1 atom stereocenters. The molecule has 0 radical (unpaired) electrons. The van der Waals surface area contributed by atoms with Gasteiger partial charge in [-0.2, -0.15) is 5.01 Å². The molecule has 0 bridgehead atoms. The van der Waals surface area contributed by atoms with Crippen LogP contribution in [0.25, 0.3) is 0 Å². The van der Waals surface area contributed by atoms with Gasteiger partial charge in [0.25, 0.3) is 17.7 Å². The highest BCUT2D eigenvalue weighted by Gasteiger charge is 2.48. The molecule has 0 unspecified atom stereocenters. The molecular weight excluding hydrogens is 388 g/mol. The van der Waals surface area contributed by atoms with Crippen LogP contribution in [0.1, 0.15) is 29.3 Å². The first-order chi connectivity index (χ1) is 14.4. The molecular formula is C21H20N4O5. The van der Waals surface area contributed by atoms with E-state index in [9.17, 15) is 19.2 Å². The Labute approximate surface area is 172 Å². The molecule has 0 saturated carbocycles. The third-order valence-corrected chi connectivity index (χ3v) is 5.11. The van der Waals surface area contributed by atoms with Crippen LogP contribution in [-0.4, -0.2) is 40.9 Å². The Kier molecular flexibility index (Phi) is 4.86. The first kappa shape index (κ1) is 19.4. The van der Waals surface area contributed by atoms with E-state index < -0.39 is 23.4 Å². The average molecular weight is 408 g/mol. The highest BCUT2D eigenvalue weighted by Crippen LogP contribution is 2.29. The lowest BCUT2D eigenvalue weighted by Gasteiger charge is -2.22. The number of fused-ring (bicyclic) bond motifs is 1. The van der Waals surface area contributed by atoms with Crippen molar-refractivity contribution in [1.29, 1.82) is 0 Å². The Morgan fingerprint density at radius 3 is 2.70 bits per heavy atom. The quantitative estimate of drug-likeness (QED) is 0.650. The number of hydrogen-bond acceptors (Lipinski definition) is 5. The molecule has 5 amide bonds. The predicted octanol–water partition coefficient (Wildman–Crippen LogP) is 1.61. The fraction of sp³-hybridized carbons (Fsp3) is 0.238. The summed E-state index contributed by atoms with van der Waals surface area (Å²) >= 11 is 0. The van der Waals surface area contributed by atoms with Crippen molar-refractivity contribution in [2.24, 2.45) is 0 Å². The first-order valence-corrected chi connectivity index (χ1v) is 9.44. The van der Waals surface area contributed by atoms with Gasteiger partial charge in [0.05, 0.1) is 5.69 Å². The third kappa shape index (κ3) is 3.69. The zero-order valence-corrected chi connectivity index (χ0v) is 16.2. The highest BCUT2D eigenvalue weighted by molar-refractivity contribution is 6.09. The van der Waals surface area contributed by atoms with E-state index in [-0.39, 0.29) is 18.1 Å². The van der Waals surface area contributed by atoms with E-state index in [4.69, 9.17) is 4.74 Å². The average Bonchev–Trinajstić information content (AvgIpc) is 2.96. The summed E-state index contributed by atoms with van der Waals surface area (Å²) < 4.78 is 5.29. The van der Waals surface area contributed by atoms with Gasteiger partial charge in [-0.15, -0.1) is 0 Å². The zero-order valence-electron chi connectivity index (χ0n) is 16.2. The summed E-state index contributed by atoms with van der Waals surface area (Å²) in [5.41, 5.74) is 2.91. The number of nitrogens with one attached hydrogen (secondary N) is 3. The van der Waals surface area contributed by atoms with Gasteiger partial charge in [0.15, 0.2) is 6.61 Å². The molecule has 1 fully saturated rings. The summed E-state index contributed by atoms with van der Waals surface area (Å²) in [6.45, 7) is 1.49. The molecule has 4 rings (SSSR count). The van der Waals surface area contributed by atoms with Gasteiger partial charge in [0.2, 0.25) is 0 Å². The molecule has 30 heavy (non-hydrogen) atoms. The van der Waals surface area contributed by atoms with Gasteiger partial charge in [-0.05, 0) is 43.5 Å². The van der Waals surface area contributed by atoms with E-state index in [0.29, 0.717) is 29.3 Å². The van der Waals surface area contributed by atoms with Crippen LogP contribution in [0.4, 0.5) is 10.5 Å². The van der Waals surface area contributed by atoms with Gasteiger partial charge < -0.3 is 15.4 Å². The van der Waals surface area contributed by atoms with Gasteiger partial charge in [-0.3, -0.25) is 19.8 Å². The van der Waals surface area contributed by atoms with Gasteiger partial charge in [0, 0.05) is 5.56 Å². The number of hydrogen-bond donors (Lipinski definition) is 3. The molecule has 2 aliphatic heterocycles. The maximum atomic E-state index is 12.9. The number of ether oxygens (including phenoxy) is 1. The highest BCUT2D eigenvalue weighted by atomic mass is 16.5. The van der Waals surface area contributed by atoms with Crippen molar-refractivity contribution in [2.75, 3.05) is 11.9 Å². The summed E-state index contributed by atoms with van der Waals surface area (Å²) in [6, 6.07) is 13.4. The molecule has 2 aromatic carbocycles. The van der Waals surface area contributed by atoms with Crippen molar-refractivity contribution in [3.05, 3.63) is 59.7 Å². The fourth-order valence-corrected chi connectivity index (χ4v) is 3.38. The largest absolute Gasteiger partial charge is 0.482 e. The second-order valence-corrected chi connectivity index (χ2v) is 7.38. The van der Waals surface area contributed by atoms with E-state index in [0.717, 1.165) is 5.56 Å². The minimum atomic E-state index is -1.12. The van der Waals surface area contributed by atoms with Crippen LogP contribution in [0.15, 0.2) is 48.5 Å². The summed E-state index contributed by atoms with van der Waals surface area (Å²) in [5, 5.41) is 5.99. The molecule has 0 aliphatic carbocycles. The smallest absolute Gasteiger partial charge is 0.344 e. The second kappa shape index (κ2) is 7.51. The Bertz CT molecular complexity index is 1040. The summed E-state index contributed by atoms with van der Waals surface area (Å²) in [7, 11) is 0. The lowest BCUT2D eigenvalue weighted by molar-refractivity contribution is -0.132. The number of nitrogens with zero attached hydrogens (tertiary/aromatic N) is 1. The molecule has 0 aromatic heterocycles.